The Morgan fingerprint density at radius 2 is 1.02 bits per heavy atom. The predicted molar refractivity (Wildman–Crippen MR) is 276 cm³/mol. The Labute approximate surface area is 385 Å². The van der Waals surface area contributed by atoms with E-state index in [2.05, 4.69) is 223 Å². The number of nitrogens with zero attached hydrogens (tertiary/aromatic N) is 2. The van der Waals surface area contributed by atoms with Crippen molar-refractivity contribution in [2.45, 2.75) is 84.9 Å². The molecule has 0 fully saturated rings. The van der Waals surface area contributed by atoms with Crippen molar-refractivity contribution >= 4 is 57.2 Å². The van der Waals surface area contributed by atoms with Crippen LogP contribution in [-0.4, -0.2) is 6.71 Å². The molecular weight excluding hydrogens is 771 g/mol. The summed E-state index contributed by atoms with van der Waals surface area (Å²) in [6.45, 7) is 16.0. The van der Waals surface area contributed by atoms with Crippen molar-refractivity contribution in [1.29, 1.82) is 0 Å². The van der Waals surface area contributed by atoms with Crippen LogP contribution in [0.15, 0.2) is 170 Å². The molecule has 0 aromatic heterocycles. The summed E-state index contributed by atoms with van der Waals surface area (Å²) in [5, 5.41) is 0. The smallest absolute Gasteiger partial charge is 0.252 e. The molecule has 2 heterocycles. The summed E-state index contributed by atoms with van der Waals surface area (Å²) < 4.78 is 27.4. The standard InChI is InChI=1S/C61H57BN2/c1-39-31-56-58-57(32-39)64(54-34-45(26-25-40(54)2)42-21-15-11-16-22-42)55-37-49-48(60(6,7)38-61(49,8)9)36-51(55)62(58)50-33-44(41-19-13-10-14-20-41)27-29-53(50)63(56)52-30-28-46(59(3,4)5)35-47(52)43-23-17-12-18-24-43/h10-37H,38H2,1-9H3/i1D3. The van der Waals surface area contributed by atoms with E-state index in [0.717, 1.165) is 85.0 Å². The SMILES string of the molecule is [2H]C([2H])([2H])c1cc2c3c(c1)N(c1ccc(C(C)(C)C)cc1-c1ccccc1)c1ccc(-c4ccccc4)cc1B3c1cc3c(cc1N2c1cc(-c2ccccc2)ccc1C)C(C)(C)CC3(C)C. The van der Waals surface area contributed by atoms with E-state index < -0.39 is 6.85 Å². The first-order valence-electron chi connectivity index (χ1n) is 24.4. The highest BCUT2D eigenvalue weighted by Crippen LogP contribution is 2.53. The maximum atomic E-state index is 9.14. The molecule has 11 rings (SSSR count). The molecule has 64 heavy (non-hydrogen) atoms. The minimum absolute atomic E-state index is 0.0507. The summed E-state index contributed by atoms with van der Waals surface area (Å²) in [4.78, 5) is 4.81. The minimum Gasteiger partial charge on any atom is -0.311 e. The normalized spacial score (nSPS) is 16.2. The van der Waals surface area contributed by atoms with Crippen LogP contribution in [0, 0.1) is 13.8 Å². The highest BCUT2D eigenvalue weighted by atomic mass is 15.2. The maximum absolute atomic E-state index is 9.14. The van der Waals surface area contributed by atoms with Gasteiger partial charge < -0.3 is 9.80 Å². The molecule has 0 N–H and O–H groups in total. The first-order valence-corrected chi connectivity index (χ1v) is 22.9. The fourth-order valence-corrected chi connectivity index (χ4v) is 11.5. The van der Waals surface area contributed by atoms with Gasteiger partial charge in [-0.15, -0.1) is 0 Å². The average molecular weight is 832 g/mol. The lowest BCUT2D eigenvalue weighted by Crippen LogP contribution is -2.61. The Bertz CT molecular complexity index is 3260. The van der Waals surface area contributed by atoms with Gasteiger partial charge in [-0.25, -0.2) is 0 Å². The van der Waals surface area contributed by atoms with E-state index in [4.69, 9.17) is 4.11 Å². The summed E-state index contributed by atoms with van der Waals surface area (Å²) >= 11 is 0. The fourth-order valence-electron chi connectivity index (χ4n) is 11.5. The molecule has 0 atom stereocenters. The van der Waals surface area contributed by atoms with Crippen molar-refractivity contribution < 1.29 is 4.11 Å². The van der Waals surface area contributed by atoms with E-state index in [-0.39, 0.29) is 23.0 Å². The number of hydrogen-bond donors (Lipinski definition) is 0. The van der Waals surface area contributed by atoms with Crippen molar-refractivity contribution in [2.24, 2.45) is 0 Å². The number of aryl methyl sites for hydroxylation is 2. The van der Waals surface area contributed by atoms with Crippen LogP contribution in [-0.2, 0) is 16.2 Å². The van der Waals surface area contributed by atoms with Crippen LogP contribution >= 0.6 is 0 Å². The van der Waals surface area contributed by atoms with Crippen LogP contribution in [0.3, 0.4) is 0 Å². The molecule has 1 aliphatic carbocycles. The minimum atomic E-state index is -2.39. The third kappa shape index (κ3) is 6.38. The lowest BCUT2D eigenvalue weighted by atomic mass is 9.33. The number of rotatable bonds is 5. The Morgan fingerprint density at radius 3 is 1.62 bits per heavy atom. The molecule has 8 aromatic rings. The number of fused-ring (bicyclic) bond motifs is 5. The Balaban J connectivity index is 1.30. The second-order valence-electron chi connectivity index (χ2n) is 20.8. The van der Waals surface area contributed by atoms with Crippen LogP contribution in [0.2, 0.25) is 0 Å². The Kier molecular flexibility index (Phi) is 8.34. The van der Waals surface area contributed by atoms with Crippen LogP contribution in [0.1, 0.15) is 86.8 Å². The molecule has 2 aliphatic heterocycles. The van der Waals surface area contributed by atoms with Gasteiger partial charge in [-0.1, -0.05) is 176 Å². The molecule has 0 bridgehead atoms. The van der Waals surface area contributed by atoms with Gasteiger partial charge in [-0.2, -0.15) is 0 Å². The molecule has 0 radical (unpaired) electrons. The molecule has 314 valence electrons. The second-order valence-corrected chi connectivity index (χ2v) is 20.8. The topological polar surface area (TPSA) is 6.48 Å². The molecule has 2 nitrogen and oxygen atoms in total. The van der Waals surface area contributed by atoms with Crippen molar-refractivity contribution in [3.63, 3.8) is 0 Å². The van der Waals surface area contributed by atoms with E-state index in [0.29, 0.717) is 5.56 Å². The van der Waals surface area contributed by atoms with Crippen molar-refractivity contribution in [2.75, 3.05) is 9.80 Å². The highest BCUT2D eigenvalue weighted by molar-refractivity contribution is 7.00. The Morgan fingerprint density at radius 1 is 0.484 bits per heavy atom. The average Bonchev–Trinajstić information content (AvgIpc) is 3.49. The second kappa shape index (κ2) is 14.5. The quantitative estimate of drug-likeness (QED) is 0.159. The third-order valence-corrected chi connectivity index (χ3v) is 14.4. The van der Waals surface area contributed by atoms with Gasteiger partial charge in [-0.3, -0.25) is 0 Å². The number of anilines is 6. The molecule has 0 saturated heterocycles. The largest absolute Gasteiger partial charge is 0.311 e. The van der Waals surface area contributed by atoms with E-state index >= 15 is 0 Å². The summed E-state index contributed by atoms with van der Waals surface area (Å²) in [6.07, 6.45) is 1.03. The van der Waals surface area contributed by atoms with Gasteiger partial charge in [0, 0.05) is 38.1 Å². The summed E-state index contributed by atoms with van der Waals surface area (Å²) in [7, 11) is 0. The van der Waals surface area contributed by atoms with Crippen molar-refractivity contribution in [3.05, 3.63) is 198 Å². The van der Waals surface area contributed by atoms with Gasteiger partial charge in [0.05, 0.1) is 5.69 Å². The van der Waals surface area contributed by atoms with Gasteiger partial charge in [0.15, 0.2) is 0 Å². The maximum Gasteiger partial charge on any atom is 0.252 e. The highest BCUT2D eigenvalue weighted by Gasteiger charge is 2.48. The zero-order valence-corrected chi connectivity index (χ0v) is 38.3. The molecule has 3 aliphatic rings. The van der Waals surface area contributed by atoms with E-state index in [9.17, 15) is 0 Å². The van der Waals surface area contributed by atoms with Gasteiger partial charge in [0.25, 0.3) is 6.71 Å². The van der Waals surface area contributed by atoms with Gasteiger partial charge in [0.1, 0.15) is 0 Å². The van der Waals surface area contributed by atoms with Gasteiger partial charge >= 0.3 is 0 Å². The van der Waals surface area contributed by atoms with Crippen LogP contribution in [0.5, 0.6) is 0 Å². The monoisotopic (exact) mass is 831 g/mol. The van der Waals surface area contributed by atoms with Gasteiger partial charge in [0.2, 0.25) is 0 Å². The lowest BCUT2D eigenvalue weighted by molar-refractivity contribution is 0.403. The summed E-state index contributed by atoms with van der Waals surface area (Å²) in [5.41, 5.74) is 21.5. The molecule has 0 spiro atoms. The zero-order valence-electron chi connectivity index (χ0n) is 41.3. The first-order chi connectivity index (χ1) is 31.9. The van der Waals surface area contributed by atoms with Crippen molar-refractivity contribution in [3.8, 4) is 33.4 Å². The third-order valence-electron chi connectivity index (χ3n) is 14.4. The van der Waals surface area contributed by atoms with E-state index in [1.807, 2.05) is 12.1 Å². The summed E-state index contributed by atoms with van der Waals surface area (Å²) in [5.74, 6) is 0. The van der Waals surface area contributed by atoms with E-state index in [1.165, 1.54) is 27.6 Å². The molecule has 8 aromatic carbocycles. The van der Waals surface area contributed by atoms with Crippen molar-refractivity contribution in [1.82, 2.24) is 0 Å². The molecular formula is C61H57BN2. The molecule has 0 unspecified atom stereocenters. The molecule has 0 saturated carbocycles. The summed E-state index contributed by atoms with van der Waals surface area (Å²) in [6, 6.07) is 61.5. The predicted octanol–water partition coefficient (Wildman–Crippen LogP) is 14.6. The number of hydrogen-bond acceptors (Lipinski definition) is 2. The van der Waals surface area contributed by atoms with E-state index in [1.54, 1.807) is 0 Å². The molecule has 0 amide bonds. The van der Waals surface area contributed by atoms with Crippen LogP contribution in [0.25, 0.3) is 33.4 Å². The first kappa shape index (κ1) is 36.9. The van der Waals surface area contributed by atoms with Crippen LogP contribution < -0.4 is 26.2 Å². The lowest BCUT2D eigenvalue weighted by Gasteiger charge is -2.45. The fraction of sp³-hybridized carbons (Fsp3) is 0.213. The molecule has 3 heteroatoms. The van der Waals surface area contributed by atoms with Crippen LogP contribution in [0.4, 0.5) is 34.1 Å². The van der Waals surface area contributed by atoms with Gasteiger partial charge in [-0.05, 0) is 151 Å². The number of benzene rings is 8. The zero-order chi connectivity index (χ0) is 46.8. The Hall–Kier alpha value is -6.58.